The zero-order chi connectivity index (χ0) is 18.8. The van der Waals surface area contributed by atoms with E-state index in [0.29, 0.717) is 11.6 Å². The van der Waals surface area contributed by atoms with E-state index in [1.54, 1.807) is 18.2 Å². The molecule has 0 bridgehead atoms. The fourth-order valence-corrected chi connectivity index (χ4v) is 4.10. The quantitative estimate of drug-likeness (QED) is 0.723. The summed E-state index contributed by atoms with van der Waals surface area (Å²) in [5, 5.41) is 11.1. The van der Waals surface area contributed by atoms with Crippen LogP contribution in [-0.2, 0) is 11.2 Å². The second kappa shape index (κ2) is 7.40. The van der Waals surface area contributed by atoms with Gasteiger partial charge in [-0.15, -0.1) is 10.2 Å². The molecule has 8 heteroatoms. The monoisotopic (exact) mass is 383 g/mol. The number of hydrogen-bond donors (Lipinski definition) is 2. The lowest BCUT2D eigenvalue weighted by Crippen LogP contribution is -2.41. The standard InChI is InChI=1S/C19H18FN5OS/c1-2-15-22-23-19-25(15)24-16(12-8-4-3-5-9-12)17(27-19)18(26)21-14-11-7-6-10-13(14)20/h3-11,16-17,24H,2H2,1H3,(H,21,26)/t16-,17+/m0/s1. The summed E-state index contributed by atoms with van der Waals surface area (Å²) < 4.78 is 15.8. The Labute approximate surface area is 160 Å². The van der Waals surface area contributed by atoms with E-state index in [-0.39, 0.29) is 17.6 Å². The number of amides is 1. The highest BCUT2D eigenvalue weighted by molar-refractivity contribution is 8.00. The third kappa shape index (κ3) is 3.40. The molecular formula is C19H18FN5OS. The molecule has 0 aliphatic carbocycles. The van der Waals surface area contributed by atoms with Crippen molar-refractivity contribution in [2.24, 2.45) is 0 Å². The molecule has 2 atom stereocenters. The summed E-state index contributed by atoms with van der Waals surface area (Å²) in [5.74, 6) is 0.0393. The number of anilines is 1. The molecule has 0 saturated heterocycles. The number of benzene rings is 2. The van der Waals surface area contributed by atoms with Crippen molar-refractivity contribution in [2.75, 3.05) is 10.7 Å². The summed E-state index contributed by atoms with van der Waals surface area (Å²) in [7, 11) is 0. The van der Waals surface area contributed by atoms with E-state index >= 15 is 0 Å². The summed E-state index contributed by atoms with van der Waals surface area (Å²) in [6, 6.07) is 15.5. The first-order valence-electron chi connectivity index (χ1n) is 8.65. The lowest BCUT2D eigenvalue weighted by atomic mass is 10.0. The molecule has 0 fully saturated rings. The molecule has 0 spiro atoms. The van der Waals surface area contributed by atoms with E-state index in [2.05, 4.69) is 20.9 Å². The zero-order valence-corrected chi connectivity index (χ0v) is 15.4. The SMILES string of the molecule is CCc1nnc2n1N[C@@H](c1ccccc1)[C@H](C(=O)Nc1ccccc1F)S2. The number of halogens is 1. The van der Waals surface area contributed by atoms with Crippen LogP contribution in [0.15, 0.2) is 59.8 Å². The third-order valence-electron chi connectivity index (χ3n) is 4.37. The maximum absolute atomic E-state index is 14.0. The van der Waals surface area contributed by atoms with Gasteiger partial charge in [0.15, 0.2) is 5.82 Å². The molecule has 6 nitrogen and oxygen atoms in total. The normalized spacial score (nSPS) is 18.4. The van der Waals surface area contributed by atoms with Crippen molar-refractivity contribution < 1.29 is 9.18 Å². The highest BCUT2D eigenvalue weighted by Gasteiger charge is 2.37. The Morgan fingerprint density at radius 1 is 1.19 bits per heavy atom. The number of nitrogens with zero attached hydrogens (tertiary/aromatic N) is 3. The zero-order valence-electron chi connectivity index (χ0n) is 14.6. The van der Waals surface area contributed by atoms with Crippen LogP contribution in [0.1, 0.15) is 24.4 Å². The molecule has 27 heavy (non-hydrogen) atoms. The number of para-hydroxylation sites is 1. The van der Waals surface area contributed by atoms with Crippen LogP contribution in [-0.4, -0.2) is 26.0 Å². The van der Waals surface area contributed by atoms with Gasteiger partial charge in [0.2, 0.25) is 11.1 Å². The molecule has 1 amide bonds. The summed E-state index contributed by atoms with van der Waals surface area (Å²) in [5.41, 5.74) is 4.48. The average molecular weight is 383 g/mol. The van der Waals surface area contributed by atoms with Crippen LogP contribution in [0.5, 0.6) is 0 Å². The van der Waals surface area contributed by atoms with Crippen LogP contribution < -0.4 is 10.7 Å². The van der Waals surface area contributed by atoms with Gasteiger partial charge in [-0.3, -0.25) is 4.79 Å². The molecule has 1 aromatic heterocycles. The predicted octanol–water partition coefficient (Wildman–Crippen LogP) is 3.38. The summed E-state index contributed by atoms with van der Waals surface area (Å²) >= 11 is 1.32. The Bertz CT molecular complexity index is 962. The second-order valence-corrected chi connectivity index (χ2v) is 7.22. The lowest BCUT2D eigenvalue weighted by molar-refractivity contribution is -0.116. The van der Waals surface area contributed by atoms with Crippen molar-refractivity contribution in [1.82, 2.24) is 14.9 Å². The van der Waals surface area contributed by atoms with Crippen molar-refractivity contribution in [3.8, 4) is 0 Å². The van der Waals surface area contributed by atoms with Gasteiger partial charge < -0.3 is 10.7 Å². The molecule has 0 unspecified atom stereocenters. The number of thioether (sulfide) groups is 1. The van der Waals surface area contributed by atoms with Gasteiger partial charge >= 0.3 is 0 Å². The number of aryl methyl sites for hydroxylation is 1. The molecular weight excluding hydrogens is 365 g/mol. The van der Waals surface area contributed by atoms with Crippen molar-refractivity contribution >= 4 is 23.4 Å². The van der Waals surface area contributed by atoms with Gasteiger partial charge in [0, 0.05) is 6.42 Å². The van der Waals surface area contributed by atoms with Crippen molar-refractivity contribution in [3.63, 3.8) is 0 Å². The highest BCUT2D eigenvalue weighted by atomic mass is 32.2. The van der Waals surface area contributed by atoms with E-state index in [1.165, 1.54) is 17.8 Å². The smallest absolute Gasteiger partial charge is 0.240 e. The number of fused-ring (bicyclic) bond motifs is 1. The molecule has 4 rings (SSSR count). The van der Waals surface area contributed by atoms with E-state index < -0.39 is 11.1 Å². The van der Waals surface area contributed by atoms with Gasteiger partial charge in [0.25, 0.3) is 0 Å². The maximum atomic E-state index is 14.0. The van der Waals surface area contributed by atoms with Gasteiger partial charge in [-0.1, -0.05) is 61.2 Å². The molecule has 1 aliphatic heterocycles. The van der Waals surface area contributed by atoms with Crippen LogP contribution in [0.25, 0.3) is 0 Å². The number of carbonyl (C=O) groups is 1. The van der Waals surface area contributed by atoms with Crippen LogP contribution in [0.2, 0.25) is 0 Å². The first-order valence-corrected chi connectivity index (χ1v) is 9.53. The Morgan fingerprint density at radius 3 is 2.67 bits per heavy atom. The Morgan fingerprint density at radius 2 is 1.93 bits per heavy atom. The van der Waals surface area contributed by atoms with Crippen molar-refractivity contribution in [3.05, 3.63) is 71.8 Å². The molecule has 1 aliphatic rings. The molecule has 2 aromatic carbocycles. The van der Waals surface area contributed by atoms with Gasteiger partial charge in [0.05, 0.1) is 11.7 Å². The third-order valence-corrected chi connectivity index (χ3v) is 5.58. The number of aromatic nitrogens is 3. The fraction of sp³-hybridized carbons (Fsp3) is 0.211. The van der Waals surface area contributed by atoms with Crippen LogP contribution in [0.3, 0.4) is 0 Å². The topological polar surface area (TPSA) is 71.8 Å². The van der Waals surface area contributed by atoms with Crippen LogP contribution in [0.4, 0.5) is 10.1 Å². The summed E-state index contributed by atoms with van der Waals surface area (Å²) in [4.78, 5) is 13.0. The van der Waals surface area contributed by atoms with Crippen LogP contribution in [0, 0.1) is 5.82 Å². The first-order chi connectivity index (χ1) is 13.2. The largest absolute Gasteiger partial charge is 0.323 e. The second-order valence-electron chi connectivity index (χ2n) is 6.11. The lowest BCUT2D eigenvalue weighted by Gasteiger charge is -2.33. The van der Waals surface area contributed by atoms with Gasteiger partial charge in [-0.2, -0.15) is 0 Å². The van der Waals surface area contributed by atoms with Gasteiger partial charge in [0.1, 0.15) is 11.1 Å². The number of hydrogen-bond acceptors (Lipinski definition) is 5. The van der Waals surface area contributed by atoms with E-state index in [9.17, 15) is 9.18 Å². The van der Waals surface area contributed by atoms with Crippen LogP contribution >= 0.6 is 11.8 Å². The first kappa shape index (κ1) is 17.5. The summed E-state index contributed by atoms with van der Waals surface area (Å²) in [6.45, 7) is 2.00. The Kier molecular flexibility index (Phi) is 4.81. The molecule has 2 heterocycles. The highest BCUT2D eigenvalue weighted by Crippen LogP contribution is 2.37. The van der Waals surface area contributed by atoms with E-state index in [0.717, 1.165) is 11.4 Å². The maximum Gasteiger partial charge on any atom is 0.240 e. The number of rotatable bonds is 4. The van der Waals surface area contributed by atoms with Crippen molar-refractivity contribution in [2.45, 2.75) is 29.8 Å². The van der Waals surface area contributed by atoms with E-state index in [1.807, 2.05) is 41.9 Å². The number of nitrogens with one attached hydrogen (secondary N) is 2. The molecule has 138 valence electrons. The minimum Gasteiger partial charge on any atom is -0.323 e. The van der Waals surface area contributed by atoms with E-state index in [4.69, 9.17) is 0 Å². The number of carbonyl (C=O) groups excluding carboxylic acids is 1. The Hall–Kier alpha value is -2.87. The fourth-order valence-electron chi connectivity index (χ4n) is 3.00. The minimum absolute atomic E-state index is 0.163. The van der Waals surface area contributed by atoms with Gasteiger partial charge in [-0.25, -0.2) is 9.07 Å². The molecule has 2 N–H and O–H groups in total. The Balaban J connectivity index is 1.68. The predicted molar refractivity (Wildman–Crippen MR) is 103 cm³/mol. The molecule has 0 radical (unpaired) electrons. The molecule has 3 aromatic rings. The average Bonchev–Trinajstić information content (AvgIpc) is 3.11. The minimum atomic E-state index is -0.534. The molecule has 0 saturated carbocycles. The van der Waals surface area contributed by atoms with Gasteiger partial charge in [-0.05, 0) is 17.7 Å². The van der Waals surface area contributed by atoms with Crippen molar-refractivity contribution in [1.29, 1.82) is 0 Å². The summed E-state index contributed by atoms with van der Waals surface area (Å²) in [6.07, 6.45) is 0.716.